The van der Waals surface area contributed by atoms with Crippen LogP contribution >= 0.6 is 0 Å². The molecule has 0 radical (unpaired) electrons. The first-order chi connectivity index (χ1) is 7.60. The van der Waals surface area contributed by atoms with Crippen LogP contribution in [0.15, 0.2) is 6.20 Å². The van der Waals surface area contributed by atoms with Crippen molar-refractivity contribution in [2.45, 2.75) is 6.54 Å². The molecule has 86 valence electrons. The van der Waals surface area contributed by atoms with Gasteiger partial charge in [-0.25, -0.2) is 9.48 Å². The SMILES string of the molecule is CN(C)C(=O)Nc1c(C#N)cnn1CCO. The second-order valence-electron chi connectivity index (χ2n) is 3.29. The molecule has 2 amide bonds. The van der Waals surface area contributed by atoms with Crippen molar-refractivity contribution in [3.8, 4) is 6.07 Å². The summed E-state index contributed by atoms with van der Waals surface area (Å²) >= 11 is 0. The largest absolute Gasteiger partial charge is 0.394 e. The maximum absolute atomic E-state index is 11.4. The van der Waals surface area contributed by atoms with Crippen molar-refractivity contribution in [2.24, 2.45) is 0 Å². The number of aliphatic hydroxyl groups excluding tert-OH is 1. The van der Waals surface area contributed by atoms with E-state index >= 15 is 0 Å². The smallest absolute Gasteiger partial charge is 0.322 e. The molecule has 2 N–H and O–H groups in total. The van der Waals surface area contributed by atoms with Crippen LogP contribution < -0.4 is 5.32 Å². The van der Waals surface area contributed by atoms with Crippen LogP contribution in [-0.2, 0) is 6.54 Å². The lowest BCUT2D eigenvalue weighted by atomic mass is 10.3. The second kappa shape index (κ2) is 5.14. The molecule has 0 spiro atoms. The van der Waals surface area contributed by atoms with Gasteiger partial charge < -0.3 is 10.0 Å². The van der Waals surface area contributed by atoms with E-state index < -0.39 is 0 Å². The highest BCUT2D eigenvalue weighted by molar-refractivity contribution is 5.89. The average Bonchev–Trinajstić information content (AvgIpc) is 2.61. The first kappa shape index (κ1) is 12.0. The molecule has 0 atom stereocenters. The van der Waals surface area contributed by atoms with Crippen LogP contribution in [0.4, 0.5) is 10.6 Å². The Morgan fingerprint density at radius 2 is 2.44 bits per heavy atom. The fourth-order valence-electron chi connectivity index (χ4n) is 1.08. The average molecular weight is 223 g/mol. The van der Waals surface area contributed by atoms with E-state index in [9.17, 15) is 4.79 Å². The molecule has 7 nitrogen and oxygen atoms in total. The van der Waals surface area contributed by atoms with Gasteiger partial charge in [-0.15, -0.1) is 0 Å². The van der Waals surface area contributed by atoms with Gasteiger partial charge in [0.2, 0.25) is 0 Å². The predicted molar refractivity (Wildman–Crippen MR) is 56.7 cm³/mol. The lowest BCUT2D eigenvalue weighted by molar-refractivity contribution is 0.230. The van der Waals surface area contributed by atoms with Crippen LogP contribution in [0.25, 0.3) is 0 Å². The Hall–Kier alpha value is -2.07. The molecule has 0 bridgehead atoms. The van der Waals surface area contributed by atoms with Crippen LogP contribution in [0.1, 0.15) is 5.56 Å². The van der Waals surface area contributed by atoms with Crippen LogP contribution in [0.2, 0.25) is 0 Å². The van der Waals surface area contributed by atoms with E-state index in [1.54, 1.807) is 14.1 Å². The summed E-state index contributed by atoms with van der Waals surface area (Å²) in [6.45, 7) is 0.113. The van der Waals surface area contributed by atoms with Crippen molar-refractivity contribution < 1.29 is 9.90 Å². The highest BCUT2D eigenvalue weighted by atomic mass is 16.3. The first-order valence-corrected chi connectivity index (χ1v) is 4.65. The Morgan fingerprint density at radius 3 is 2.94 bits per heavy atom. The molecule has 16 heavy (non-hydrogen) atoms. The van der Waals surface area contributed by atoms with Gasteiger partial charge in [-0.2, -0.15) is 10.4 Å². The molecular formula is C9H13N5O2. The van der Waals surface area contributed by atoms with E-state index in [1.807, 2.05) is 6.07 Å². The highest BCUT2D eigenvalue weighted by Crippen LogP contribution is 2.14. The van der Waals surface area contributed by atoms with Gasteiger partial charge in [0.1, 0.15) is 11.6 Å². The third kappa shape index (κ3) is 2.49. The Labute approximate surface area is 92.9 Å². The third-order valence-corrected chi connectivity index (χ3v) is 1.90. The molecule has 0 aliphatic rings. The molecule has 7 heteroatoms. The number of nitrogens with one attached hydrogen (secondary N) is 1. The Kier molecular flexibility index (Phi) is 3.85. The minimum absolute atomic E-state index is 0.114. The quantitative estimate of drug-likeness (QED) is 0.744. The summed E-state index contributed by atoms with van der Waals surface area (Å²) < 4.78 is 1.37. The van der Waals surface area contributed by atoms with Gasteiger partial charge in [-0.1, -0.05) is 0 Å². The number of hydrogen-bond acceptors (Lipinski definition) is 4. The summed E-state index contributed by atoms with van der Waals surface area (Å²) in [7, 11) is 3.18. The van der Waals surface area contributed by atoms with E-state index in [0.29, 0.717) is 5.82 Å². The van der Waals surface area contributed by atoms with Crippen LogP contribution in [0, 0.1) is 11.3 Å². The molecule has 1 aromatic rings. The minimum Gasteiger partial charge on any atom is -0.394 e. The lowest BCUT2D eigenvalue weighted by Crippen LogP contribution is -2.29. The van der Waals surface area contributed by atoms with Gasteiger partial charge >= 0.3 is 6.03 Å². The van der Waals surface area contributed by atoms with Gasteiger partial charge in [-0.3, -0.25) is 5.32 Å². The molecule has 1 heterocycles. The van der Waals surface area contributed by atoms with E-state index in [2.05, 4.69) is 10.4 Å². The molecule has 0 fully saturated rings. The summed E-state index contributed by atoms with van der Waals surface area (Å²) in [4.78, 5) is 12.8. The molecule has 1 rings (SSSR count). The minimum atomic E-state index is -0.351. The zero-order valence-electron chi connectivity index (χ0n) is 9.14. The summed E-state index contributed by atoms with van der Waals surface area (Å²) in [5.41, 5.74) is 0.267. The fraction of sp³-hybridized carbons (Fsp3) is 0.444. The standard InChI is InChI=1S/C9H13N5O2/c1-13(2)9(16)12-8-7(5-10)6-11-14(8)3-4-15/h6,15H,3-4H2,1-2H3,(H,12,16). The first-order valence-electron chi connectivity index (χ1n) is 4.65. The molecule has 0 aromatic carbocycles. The van der Waals surface area contributed by atoms with E-state index in [-0.39, 0.29) is 24.7 Å². The van der Waals surface area contributed by atoms with Crippen molar-refractivity contribution in [3.63, 3.8) is 0 Å². The summed E-state index contributed by atoms with van der Waals surface area (Å²) in [6.07, 6.45) is 1.35. The number of hydrogen-bond donors (Lipinski definition) is 2. The van der Waals surface area contributed by atoms with E-state index in [0.717, 1.165) is 0 Å². The number of anilines is 1. The van der Waals surface area contributed by atoms with Crippen molar-refractivity contribution >= 4 is 11.8 Å². The zero-order valence-corrected chi connectivity index (χ0v) is 9.14. The maximum Gasteiger partial charge on any atom is 0.322 e. The van der Waals surface area contributed by atoms with Gasteiger partial charge in [0.25, 0.3) is 0 Å². The topological polar surface area (TPSA) is 94.2 Å². The Bertz CT molecular complexity index is 418. The van der Waals surface area contributed by atoms with Gasteiger partial charge in [0, 0.05) is 14.1 Å². The van der Waals surface area contributed by atoms with Gasteiger partial charge in [-0.05, 0) is 0 Å². The third-order valence-electron chi connectivity index (χ3n) is 1.90. The van der Waals surface area contributed by atoms with Crippen molar-refractivity contribution in [1.29, 1.82) is 5.26 Å². The molecule has 0 saturated heterocycles. The number of carbonyl (C=O) groups excluding carboxylic acids is 1. The zero-order chi connectivity index (χ0) is 12.1. The monoisotopic (exact) mass is 223 g/mol. The van der Waals surface area contributed by atoms with Gasteiger partial charge in [0.05, 0.1) is 19.3 Å². The fourth-order valence-corrected chi connectivity index (χ4v) is 1.08. The van der Waals surface area contributed by atoms with E-state index in [1.165, 1.54) is 15.8 Å². The maximum atomic E-state index is 11.4. The predicted octanol–water partition coefficient (Wildman–Crippen LogP) is -0.159. The summed E-state index contributed by atoms with van der Waals surface area (Å²) in [5.74, 6) is 0.301. The highest BCUT2D eigenvalue weighted by Gasteiger charge is 2.14. The second-order valence-corrected chi connectivity index (χ2v) is 3.29. The number of aliphatic hydroxyl groups is 1. The van der Waals surface area contributed by atoms with Crippen LogP contribution in [0.5, 0.6) is 0 Å². The van der Waals surface area contributed by atoms with E-state index in [4.69, 9.17) is 10.4 Å². The number of aromatic nitrogens is 2. The summed E-state index contributed by atoms with van der Waals surface area (Å²) in [5, 5.41) is 24.1. The number of nitrogens with zero attached hydrogens (tertiary/aromatic N) is 4. The van der Waals surface area contributed by atoms with Crippen molar-refractivity contribution in [3.05, 3.63) is 11.8 Å². The molecule has 0 aliphatic carbocycles. The normalized spacial score (nSPS) is 9.62. The molecule has 0 unspecified atom stereocenters. The Morgan fingerprint density at radius 1 is 1.75 bits per heavy atom. The van der Waals surface area contributed by atoms with Crippen molar-refractivity contribution in [1.82, 2.24) is 14.7 Å². The molecular weight excluding hydrogens is 210 g/mol. The lowest BCUT2D eigenvalue weighted by Gasteiger charge is -2.13. The number of amides is 2. The number of nitriles is 1. The number of carbonyl (C=O) groups is 1. The summed E-state index contributed by atoms with van der Waals surface area (Å²) in [6, 6.07) is 1.57. The Balaban J connectivity index is 2.96. The van der Waals surface area contributed by atoms with Crippen LogP contribution in [-0.4, -0.2) is 46.5 Å². The van der Waals surface area contributed by atoms with Crippen molar-refractivity contribution in [2.75, 3.05) is 26.0 Å². The number of urea groups is 1. The molecule has 0 saturated carbocycles. The molecule has 1 aromatic heterocycles. The number of rotatable bonds is 3. The van der Waals surface area contributed by atoms with Gasteiger partial charge in [0.15, 0.2) is 5.82 Å². The molecule has 0 aliphatic heterocycles. The van der Waals surface area contributed by atoms with Crippen LogP contribution in [0.3, 0.4) is 0 Å².